The zero-order valence-corrected chi connectivity index (χ0v) is 11.7. The molecule has 0 bridgehead atoms. The number of hydrogen-bond donors (Lipinski definition) is 0. The number of benzene rings is 1. The number of aryl methyl sites for hydroxylation is 1. The van der Waals surface area contributed by atoms with Crippen molar-refractivity contribution in [3.05, 3.63) is 45.9 Å². The first-order chi connectivity index (χ1) is 9.17. The minimum Gasteiger partial charge on any atom is -0.486 e. The van der Waals surface area contributed by atoms with Crippen LogP contribution in [0.2, 0.25) is 0 Å². The van der Waals surface area contributed by atoms with Gasteiger partial charge in [0.1, 0.15) is 17.4 Å². The lowest BCUT2D eigenvalue weighted by atomic mass is 10.2. The maximum Gasteiger partial charge on any atom is 0.311 e. The fourth-order valence-electron chi connectivity index (χ4n) is 1.50. The number of ether oxygens (including phenoxy) is 2. The SMILES string of the molecule is COC(=O)Cc1csc(COc2ccc(C)cc2)n1. The zero-order chi connectivity index (χ0) is 13.7. The predicted molar refractivity (Wildman–Crippen MR) is 73.3 cm³/mol. The van der Waals surface area contributed by atoms with Crippen LogP contribution in [0.25, 0.3) is 0 Å². The van der Waals surface area contributed by atoms with Crippen molar-refractivity contribution in [2.45, 2.75) is 20.0 Å². The van der Waals surface area contributed by atoms with Gasteiger partial charge in [0, 0.05) is 5.38 Å². The predicted octanol–water partition coefficient (Wildman–Crippen LogP) is 2.75. The third-order valence-corrected chi connectivity index (χ3v) is 3.41. The van der Waals surface area contributed by atoms with Gasteiger partial charge < -0.3 is 9.47 Å². The number of hydrogen-bond acceptors (Lipinski definition) is 5. The quantitative estimate of drug-likeness (QED) is 0.788. The molecule has 2 aromatic rings. The van der Waals surface area contributed by atoms with E-state index in [0.717, 1.165) is 16.5 Å². The molecule has 0 saturated heterocycles. The standard InChI is InChI=1S/C14H15NO3S/c1-10-3-5-12(6-4-10)18-8-13-15-11(9-19-13)7-14(16)17-2/h3-6,9H,7-8H2,1-2H3. The zero-order valence-electron chi connectivity index (χ0n) is 10.9. The molecule has 0 saturated carbocycles. The fourth-order valence-corrected chi connectivity index (χ4v) is 2.20. The molecule has 1 aromatic heterocycles. The van der Waals surface area contributed by atoms with E-state index >= 15 is 0 Å². The minimum atomic E-state index is -0.281. The van der Waals surface area contributed by atoms with E-state index in [1.807, 2.05) is 36.6 Å². The van der Waals surface area contributed by atoms with Gasteiger partial charge in [-0.05, 0) is 19.1 Å². The van der Waals surface area contributed by atoms with Crippen LogP contribution in [0.1, 0.15) is 16.3 Å². The lowest BCUT2D eigenvalue weighted by Gasteiger charge is -2.03. The number of nitrogens with zero attached hydrogens (tertiary/aromatic N) is 1. The summed E-state index contributed by atoms with van der Waals surface area (Å²) in [4.78, 5) is 15.4. The summed E-state index contributed by atoms with van der Waals surface area (Å²) in [5.74, 6) is 0.534. The van der Waals surface area contributed by atoms with Crippen LogP contribution in [0.5, 0.6) is 5.75 Å². The summed E-state index contributed by atoms with van der Waals surface area (Å²) >= 11 is 1.48. The van der Waals surface area contributed by atoms with Crippen molar-refractivity contribution >= 4 is 17.3 Å². The molecule has 0 amide bonds. The van der Waals surface area contributed by atoms with Crippen molar-refractivity contribution in [2.24, 2.45) is 0 Å². The Morgan fingerprint density at radius 1 is 1.32 bits per heavy atom. The molecule has 0 aliphatic heterocycles. The van der Waals surface area contributed by atoms with Crippen molar-refractivity contribution in [3.63, 3.8) is 0 Å². The second kappa shape index (κ2) is 6.33. The number of aromatic nitrogens is 1. The van der Waals surface area contributed by atoms with Crippen LogP contribution in [-0.4, -0.2) is 18.1 Å². The van der Waals surface area contributed by atoms with Crippen LogP contribution < -0.4 is 4.74 Å². The molecule has 4 nitrogen and oxygen atoms in total. The topological polar surface area (TPSA) is 48.4 Å². The van der Waals surface area contributed by atoms with E-state index in [9.17, 15) is 4.79 Å². The van der Waals surface area contributed by atoms with E-state index in [2.05, 4.69) is 9.72 Å². The van der Waals surface area contributed by atoms with Crippen LogP contribution in [-0.2, 0) is 22.6 Å². The second-order valence-electron chi connectivity index (χ2n) is 4.09. The first-order valence-corrected chi connectivity index (χ1v) is 6.75. The first-order valence-electron chi connectivity index (χ1n) is 5.87. The van der Waals surface area contributed by atoms with Crippen LogP contribution in [0, 0.1) is 6.92 Å². The molecule has 100 valence electrons. The number of thiazole rings is 1. The minimum absolute atomic E-state index is 0.206. The van der Waals surface area contributed by atoms with Gasteiger partial charge in [-0.3, -0.25) is 4.79 Å². The molecule has 0 fully saturated rings. The maximum absolute atomic E-state index is 11.1. The molecule has 0 radical (unpaired) electrons. The van der Waals surface area contributed by atoms with Gasteiger partial charge in [0.15, 0.2) is 0 Å². The highest BCUT2D eigenvalue weighted by Crippen LogP contribution is 2.16. The molecular formula is C14H15NO3S. The van der Waals surface area contributed by atoms with Crippen molar-refractivity contribution < 1.29 is 14.3 Å². The Morgan fingerprint density at radius 3 is 2.74 bits per heavy atom. The summed E-state index contributed by atoms with van der Waals surface area (Å²) in [6.07, 6.45) is 0.206. The summed E-state index contributed by atoms with van der Waals surface area (Å²) in [5.41, 5.74) is 1.92. The van der Waals surface area contributed by atoms with Crippen molar-refractivity contribution in [2.75, 3.05) is 7.11 Å². The highest BCUT2D eigenvalue weighted by Gasteiger charge is 2.08. The summed E-state index contributed by atoms with van der Waals surface area (Å²) < 4.78 is 10.2. The van der Waals surface area contributed by atoms with Crippen LogP contribution in [0.15, 0.2) is 29.6 Å². The van der Waals surface area contributed by atoms with Gasteiger partial charge in [-0.1, -0.05) is 17.7 Å². The number of rotatable bonds is 5. The highest BCUT2D eigenvalue weighted by molar-refractivity contribution is 7.09. The van der Waals surface area contributed by atoms with Crippen LogP contribution in [0.4, 0.5) is 0 Å². The number of carbonyl (C=O) groups excluding carboxylic acids is 1. The Kier molecular flexibility index (Phi) is 4.52. The van der Waals surface area contributed by atoms with E-state index < -0.39 is 0 Å². The summed E-state index contributed by atoms with van der Waals surface area (Å²) in [7, 11) is 1.37. The Morgan fingerprint density at radius 2 is 2.05 bits per heavy atom. The van der Waals surface area contributed by atoms with E-state index in [4.69, 9.17) is 4.74 Å². The van der Waals surface area contributed by atoms with E-state index in [0.29, 0.717) is 6.61 Å². The van der Waals surface area contributed by atoms with Gasteiger partial charge in [0.05, 0.1) is 19.2 Å². The third kappa shape index (κ3) is 4.06. The molecular weight excluding hydrogens is 262 g/mol. The second-order valence-corrected chi connectivity index (χ2v) is 5.03. The molecule has 0 aliphatic rings. The average molecular weight is 277 g/mol. The summed E-state index contributed by atoms with van der Waals surface area (Å²) in [6, 6.07) is 7.86. The smallest absolute Gasteiger partial charge is 0.311 e. The monoisotopic (exact) mass is 277 g/mol. The molecule has 0 spiro atoms. The summed E-state index contributed by atoms with van der Waals surface area (Å²) in [5, 5.41) is 2.70. The lowest BCUT2D eigenvalue weighted by molar-refractivity contribution is -0.139. The van der Waals surface area contributed by atoms with Crippen molar-refractivity contribution in [1.29, 1.82) is 0 Å². The van der Waals surface area contributed by atoms with E-state index in [-0.39, 0.29) is 12.4 Å². The lowest BCUT2D eigenvalue weighted by Crippen LogP contribution is -2.05. The molecule has 0 unspecified atom stereocenters. The molecule has 1 heterocycles. The Labute approximate surface area is 116 Å². The van der Waals surface area contributed by atoms with Crippen LogP contribution >= 0.6 is 11.3 Å². The fraction of sp³-hybridized carbons (Fsp3) is 0.286. The molecule has 0 N–H and O–H groups in total. The normalized spacial score (nSPS) is 10.2. The molecule has 5 heteroatoms. The van der Waals surface area contributed by atoms with Crippen molar-refractivity contribution in [3.8, 4) is 5.75 Å². The Balaban J connectivity index is 1.89. The first kappa shape index (κ1) is 13.5. The van der Waals surface area contributed by atoms with Gasteiger partial charge in [-0.25, -0.2) is 4.98 Å². The number of carbonyl (C=O) groups is 1. The molecule has 0 atom stereocenters. The Hall–Kier alpha value is -1.88. The number of methoxy groups -OCH3 is 1. The van der Waals surface area contributed by atoms with Gasteiger partial charge in [-0.2, -0.15) is 0 Å². The molecule has 1 aromatic carbocycles. The maximum atomic E-state index is 11.1. The number of esters is 1. The average Bonchev–Trinajstić information content (AvgIpc) is 2.85. The largest absolute Gasteiger partial charge is 0.486 e. The van der Waals surface area contributed by atoms with Gasteiger partial charge >= 0.3 is 5.97 Å². The molecule has 0 aliphatic carbocycles. The highest BCUT2D eigenvalue weighted by atomic mass is 32.1. The summed E-state index contributed by atoms with van der Waals surface area (Å²) in [6.45, 7) is 2.44. The van der Waals surface area contributed by atoms with Gasteiger partial charge in [-0.15, -0.1) is 11.3 Å². The third-order valence-electron chi connectivity index (χ3n) is 2.54. The van der Waals surface area contributed by atoms with E-state index in [1.165, 1.54) is 24.0 Å². The van der Waals surface area contributed by atoms with Gasteiger partial charge in [0.2, 0.25) is 0 Å². The van der Waals surface area contributed by atoms with Crippen LogP contribution in [0.3, 0.4) is 0 Å². The van der Waals surface area contributed by atoms with Gasteiger partial charge in [0.25, 0.3) is 0 Å². The van der Waals surface area contributed by atoms with Crippen molar-refractivity contribution in [1.82, 2.24) is 4.98 Å². The Bertz CT molecular complexity index is 548. The molecule has 19 heavy (non-hydrogen) atoms. The van der Waals surface area contributed by atoms with E-state index in [1.54, 1.807) is 0 Å². The molecule has 2 rings (SSSR count).